The van der Waals surface area contributed by atoms with Gasteiger partial charge in [0.05, 0.1) is 19.2 Å². The summed E-state index contributed by atoms with van der Waals surface area (Å²) in [6.07, 6.45) is 7.70. The zero-order valence-corrected chi connectivity index (χ0v) is 18.1. The molecule has 1 atom stereocenters. The van der Waals surface area contributed by atoms with Crippen LogP contribution in [0.1, 0.15) is 47.9 Å². The maximum absolute atomic E-state index is 11.9. The summed E-state index contributed by atoms with van der Waals surface area (Å²) < 4.78 is 7.11. The van der Waals surface area contributed by atoms with Gasteiger partial charge in [-0.2, -0.15) is 0 Å². The fourth-order valence-electron chi connectivity index (χ4n) is 4.69. The van der Waals surface area contributed by atoms with Gasteiger partial charge in [-0.1, -0.05) is 12.1 Å². The Hall–Kier alpha value is -1.89. The lowest BCUT2D eigenvalue weighted by Crippen LogP contribution is -2.36. The highest BCUT2D eigenvalue weighted by Gasteiger charge is 2.56. The van der Waals surface area contributed by atoms with Crippen molar-refractivity contribution in [1.29, 1.82) is 0 Å². The quantitative estimate of drug-likeness (QED) is 0.699. The molecule has 0 radical (unpaired) electrons. The molecule has 7 heteroatoms. The van der Waals surface area contributed by atoms with E-state index in [-0.39, 0.29) is 18.4 Å². The monoisotopic (exact) mass is 418 g/mol. The lowest BCUT2D eigenvalue weighted by molar-refractivity contribution is 0.0600. The molecule has 6 nitrogen and oxygen atoms in total. The Labute approximate surface area is 179 Å². The smallest absolute Gasteiger partial charge is 0.337 e. The molecular formula is C22H31ClN4O2. The van der Waals surface area contributed by atoms with Crippen LogP contribution in [0.15, 0.2) is 36.7 Å². The van der Waals surface area contributed by atoms with E-state index in [2.05, 4.69) is 39.0 Å². The third kappa shape index (κ3) is 4.65. The molecule has 1 N–H and O–H groups in total. The van der Waals surface area contributed by atoms with Gasteiger partial charge in [0, 0.05) is 31.5 Å². The number of ether oxygens (including phenoxy) is 1. The van der Waals surface area contributed by atoms with E-state index in [1.165, 1.54) is 26.4 Å². The first-order valence-electron chi connectivity index (χ1n) is 10.3. The third-order valence-electron chi connectivity index (χ3n) is 6.41. The number of esters is 1. The van der Waals surface area contributed by atoms with Crippen molar-refractivity contribution in [3.63, 3.8) is 0 Å². The number of carbonyl (C=O) groups excluding carboxylic acids is 1. The van der Waals surface area contributed by atoms with Crippen LogP contribution in [0.5, 0.6) is 0 Å². The summed E-state index contributed by atoms with van der Waals surface area (Å²) in [6.45, 7) is 6.98. The molecule has 158 valence electrons. The minimum Gasteiger partial charge on any atom is -0.465 e. The van der Waals surface area contributed by atoms with E-state index in [0.717, 1.165) is 44.1 Å². The van der Waals surface area contributed by atoms with E-state index >= 15 is 0 Å². The standard InChI is InChI=1S/C22H30N4O2.ClH/c1-3-25-12-11-24-20(25)16-26(19-14-22(19)7-9-23-10-8-22)15-17-5-4-6-18(13-17)21(27)28-2;/h4-6,11-13,19,23H,3,7-10,14-16H2,1-2H3;1H. The summed E-state index contributed by atoms with van der Waals surface area (Å²) in [5, 5.41) is 3.49. The largest absolute Gasteiger partial charge is 0.465 e. The number of benzene rings is 1. The molecule has 1 aliphatic carbocycles. The highest BCUT2D eigenvalue weighted by atomic mass is 35.5. The van der Waals surface area contributed by atoms with Gasteiger partial charge in [0.1, 0.15) is 5.82 Å². The molecule has 0 amide bonds. The fourth-order valence-corrected chi connectivity index (χ4v) is 4.69. The molecule has 2 aliphatic rings. The van der Waals surface area contributed by atoms with Gasteiger partial charge in [-0.3, -0.25) is 4.90 Å². The van der Waals surface area contributed by atoms with Gasteiger partial charge in [-0.15, -0.1) is 12.4 Å². The second kappa shape index (κ2) is 9.28. The molecule has 2 heterocycles. The minimum atomic E-state index is -0.281. The Kier molecular flexibility index (Phi) is 6.98. The number of hydrogen-bond acceptors (Lipinski definition) is 5. The lowest BCUT2D eigenvalue weighted by Gasteiger charge is -2.29. The van der Waals surface area contributed by atoms with E-state index in [1.807, 2.05) is 24.4 Å². The second-order valence-corrected chi connectivity index (χ2v) is 8.06. The van der Waals surface area contributed by atoms with E-state index in [9.17, 15) is 4.79 Å². The zero-order chi connectivity index (χ0) is 19.6. The predicted octanol–water partition coefficient (Wildman–Crippen LogP) is 3.26. The van der Waals surface area contributed by atoms with E-state index in [1.54, 1.807) is 0 Å². The number of methoxy groups -OCH3 is 1. The number of nitrogens with zero attached hydrogens (tertiary/aromatic N) is 3. The number of aromatic nitrogens is 2. The Morgan fingerprint density at radius 2 is 2.14 bits per heavy atom. The molecular weight excluding hydrogens is 388 g/mol. The SMILES string of the molecule is CCn1ccnc1CN(Cc1cccc(C(=O)OC)c1)C1CC12CCNCC2.Cl. The molecule has 1 aromatic heterocycles. The fraction of sp³-hybridized carbons (Fsp3) is 0.545. The van der Waals surface area contributed by atoms with Crippen LogP contribution in [0.4, 0.5) is 0 Å². The van der Waals surface area contributed by atoms with Crippen molar-refractivity contribution in [2.24, 2.45) is 5.41 Å². The van der Waals surface area contributed by atoms with Crippen LogP contribution < -0.4 is 5.32 Å². The van der Waals surface area contributed by atoms with Gasteiger partial charge in [0.2, 0.25) is 0 Å². The first-order valence-corrected chi connectivity index (χ1v) is 10.3. The van der Waals surface area contributed by atoms with Crippen molar-refractivity contribution in [2.45, 2.75) is 51.9 Å². The molecule has 0 bridgehead atoms. The summed E-state index contributed by atoms with van der Waals surface area (Å²) in [4.78, 5) is 19.1. The molecule has 4 rings (SSSR count). The molecule has 1 unspecified atom stereocenters. The van der Waals surface area contributed by atoms with Crippen molar-refractivity contribution < 1.29 is 9.53 Å². The van der Waals surface area contributed by atoms with E-state index in [4.69, 9.17) is 4.74 Å². The van der Waals surface area contributed by atoms with Gasteiger partial charge in [-0.25, -0.2) is 9.78 Å². The molecule has 2 fully saturated rings. The summed E-state index contributed by atoms with van der Waals surface area (Å²) >= 11 is 0. The highest BCUT2D eigenvalue weighted by molar-refractivity contribution is 5.89. The summed E-state index contributed by atoms with van der Waals surface area (Å²) in [5.41, 5.74) is 2.21. The van der Waals surface area contributed by atoms with Crippen LogP contribution in [0.2, 0.25) is 0 Å². The van der Waals surface area contributed by atoms with Crippen LogP contribution in [0.3, 0.4) is 0 Å². The Balaban J connectivity index is 0.00000240. The minimum absolute atomic E-state index is 0. The third-order valence-corrected chi connectivity index (χ3v) is 6.41. The van der Waals surface area contributed by atoms with Crippen LogP contribution in [-0.4, -0.2) is 46.7 Å². The number of halogens is 1. The van der Waals surface area contributed by atoms with Gasteiger partial charge >= 0.3 is 5.97 Å². The average molecular weight is 419 g/mol. The van der Waals surface area contributed by atoms with Crippen molar-refractivity contribution in [2.75, 3.05) is 20.2 Å². The zero-order valence-electron chi connectivity index (χ0n) is 17.3. The molecule has 1 aliphatic heterocycles. The normalized spacial score (nSPS) is 19.8. The van der Waals surface area contributed by atoms with Gasteiger partial charge in [-0.05, 0) is 62.4 Å². The molecule has 1 saturated carbocycles. The van der Waals surface area contributed by atoms with Gasteiger partial charge < -0.3 is 14.6 Å². The number of imidazole rings is 1. The number of carbonyl (C=O) groups is 1. The van der Waals surface area contributed by atoms with Crippen LogP contribution in [0, 0.1) is 5.41 Å². The lowest BCUT2D eigenvalue weighted by atomic mass is 9.93. The molecule has 29 heavy (non-hydrogen) atoms. The van der Waals surface area contributed by atoms with Crippen molar-refractivity contribution in [3.05, 3.63) is 53.6 Å². The highest BCUT2D eigenvalue weighted by Crippen LogP contribution is 2.56. The van der Waals surface area contributed by atoms with Crippen LogP contribution in [0.25, 0.3) is 0 Å². The van der Waals surface area contributed by atoms with Crippen molar-refractivity contribution >= 4 is 18.4 Å². The molecule has 1 saturated heterocycles. The number of rotatable bonds is 7. The Bertz CT molecular complexity index is 832. The van der Waals surface area contributed by atoms with E-state index < -0.39 is 0 Å². The molecule has 2 aromatic rings. The number of hydrogen-bond donors (Lipinski definition) is 1. The first kappa shape index (κ1) is 21.8. The maximum atomic E-state index is 11.9. The Morgan fingerprint density at radius 1 is 1.34 bits per heavy atom. The summed E-state index contributed by atoms with van der Waals surface area (Å²) in [6, 6.07) is 8.40. The Morgan fingerprint density at radius 3 is 2.86 bits per heavy atom. The second-order valence-electron chi connectivity index (χ2n) is 8.06. The topological polar surface area (TPSA) is 59.4 Å². The number of aryl methyl sites for hydroxylation is 1. The summed E-state index contributed by atoms with van der Waals surface area (Å²) in [5.74, 6) is 0.832. The van der Waals surface area contributed by atoms with Crippen molar-refractivity contribution in [1.82, 2.24) is 19.8 Å². The van der Waals surface area contributed by atoms with E-state index in [0.29, 0.717) is 17.0 Å². The van der Waals surface area contributed by atoms with Crippen LogP contribution >= 0.6 is 12.4 Å². The van der Waals surface area contributed by atoms with Crippen molar-refractivity contribution in [3.8, 4) is 0 Å². The predicted molar refractivity (Wildman–Crippen MR) is 115 cm³/mol. The maximum Gasteiger partial charge on any atom is 0.337 e. The number of piperidine rings is 1. The van der Waals surface area contributed by atoms with Crippen LogP contribution in [-0.2, 0) is 24.4 Å². The van der Waals surface area contributed by atoms with Gasteiger partial charge in [0.25, 0.3) is 0 Å². The molecule has 1 aromatic carbocycles. The summed E-state index contributed by atoms with van der Waals surface area (Å²) in [7, 11) is 1.43. The average Bonchev–Trinajstić information content (AvgIpc) is 3.21. The molecule has 1 spiro atoms. The number of nitrogens with one attached hydrogen (secondary N) is 1. The first-order chi connectivity index (χ1) is 13.6. The van der Waals surface area contributed by atoms with Gasteiger partial charge in [0.15, 0.2) is 0 Å².